The van der Waals surface area contributed by atoms with Crippen LogP contribution in [0.4, 0.5) is 0 Å². The summed E-state index contributed by atoms with van der Waals surface area (Å²) in [5.74, 6) is -0.280. The lowest BCUT2D eigenvalue weighted by Gasteiger charge is -2.31. The molecular formula is C40H47N5O8. The quantitative estimate of drug-likeness (QED) is 0.0684. The van der Waals surface area contributed by atoms with E-state index in [1.807, 2.05) is 48.5 Å². The van der Waals surface area contributed by atoms with Crippen LogP contribution in [0.5, 0.6) is 11.5 Å². The van der Waals surface area contributed by atoms with Crippen LogP contribution in [0.2, 0.25) is 0 Å². The first kappa shape index (κ1) is 38.9. The zero-order chi connectivity index (χ0) is 37.1. The maximum absolute atomic E-state index is 11.9. The van der Waals surface area contributed by atoms with Crippen molar-refractivity contribution in [3.63, 3.8) is 0 Å². The molecule has 0 aliphatic carbocycles. The Balaban J connectivity index is 1.05. The molecule has 1 fully saturated rings. The van der Waals surface area contributed by atoms with Crippen LogP contribution in [0.3, 0.4) is 0 Å². The first-order chi connectivity index (χ1) is 25.9. The van der Waals surface area contributed by atoms with Gasteiger partial charge in [-0.25, -0.2) is 4.79 Å². The fourth-order valence-electron chi connectivity index (χ4n) is 5.67. The minimum absolute atomic E-state index is 0.0927. The van der Waals surface area contributed by atoms with Gasteiger partial charge in [-0.15, -0.1) is 5.06 Å². The smallest absolute Gasteiger partial charge is 0.333 e. The molecule has 4 aromatic heterocycles. The van der Waals surface area contributed by atoms with Gasteiger partial charge in [-0.2, -0.15) is 0 Å². The van der Waals surface area contributed by atoms with E-state index in [9.17, 15) is 19.5 Å². The molecule has 0 saturated carbocycles. The van der Waals surface area contributed by atoms with Crippen LogP contribution in [0, 0.1) is 5.41 Å². The molecule has 280 valence electrons. The molecule has 1 aliphatic rings. The van der Waals surface area contributed by atoms with E-state index in [1.54, 1.807) is 36.9 Å². The van der Waals surface area contributed by atoms with Gasteiger partial charge >= 0.3 is 5.97 Å². The predicted molar refractivity (Wildman–Crippen MR) is 195 cm³/mol. The second kappa shape index (κ2) is 20.7. The minimum atomic E-state index is -0.866. The summed E-state index contributed by atoms with van der Waals surface area (Å²) in [6, 6.07) is 18.5. The summed E-state index contributed by atoms with van der Waals surface area (Å²) in [5, 5.41) is 11.3. The lowest BCUT2D eigenvalue weighted by Crippen LogP contribution is -2.43. The Labute approximate surface area is 309 Å². The van der Waals surface area contributed by atoms with Crippen molar-refractivity contribution in [2.75, 3.05) is 33.0 Å². The fourth-order valence-corrected chi connectivity index (χ4v) is 5.67. The number of imide groups is 1. The average Bonchev–Trinajstić information content (AvgIpc) is 3.52. The van der Waals surface area contributed by atoms with Crippen molar-refractivity contribution >= 4 is 17.8 Å². The third-order valence-electron chi connectivity index (χ3n) is 8.77. The van der Waals surface area contributed by atoms with Crippen molar-refractivity contribution in [2.24, 2.45) is 5.41 Å². The maximum atomic E-state index is 11.9. The monoisotopic (exact) mass is 725 g/mol. The zero-order valence-corrected chi connectivity index (χ0v) is 29.9. The number of amides is 2. The lowest BCUT2D eigenvalue weighted by atomic mass is 9.92. The molecule has 1 saturated heterocycles. The molecule has 13 nitrogen and oxygen atoms in total. The molecule has 0 aromatic carbocycles. The van der Waals surface area contributed by atoms with Crippen molar-refractivity contribution in [3.8, 4) is 34.3 Å². The highest BCUT2D eigenvalue weighted by atomic mass is 16.7. The number of carbonyl (C=O) groups excluding carboxylic acids is 3. The summed E-state index contributed by atoms with van der Waals surface area (Å²) in [4.78, 5) is 57.6. The number of hydrogen-bond acceptors (Lipinski definition) is 12. The summed E-state index contributed by atoms with van der Waals surface area (Å²) in [5.41, 5.74) is 1.95. The number of aromatic nitrogens is 4. The summed E-state index contributed by atoms with van der Waals surface area (Å²) < 4.78 is 18.6. The average molecular weight is 726 g/mol. The first-order valence-electron chi connectivity index (χ1n) is 18.2. The zero-order valence-electron chi connectivity index (χ0n) is 29.9. The van der Waals surface area contributed by atoms with Crippen LogP contribution in [-0.2, 0) is 24.0 Å². The van der Waals surface area contributed by atoms with Gasteiger partial charge < -0.3 is 24.2 Å². The van der Waals surface area contributed by atoms with E-state index in [2.05, 4.69) is 19.9 Å². The number of unbranched alkanes of at least 4 members (excludes halogenated alkanes) is 7. The number of rotatable bonds is 23. The van der Waals surface area contributed by atoms with Gasteiger partial charge in [-0.1, -0.05) is 50.7 Å². The van der Waals surface area contributed by atoms with Gasteiger partial charge in [0.05, 0.1) is 41.4 Å². The Morgan fingerprint density at radius 1 is 0.642 bits per heavy atom. The van der Waals surface area contributed by atoms with Gasteiger partial charge in [0.1, 0.15) is 24.7 Å². The number of pyridine rings is 4. The number of aliphatic hydroxyl groups is 1. The summed E-state index contributed by atoms with van der Waals surface area (Å²) in [6.07, 6.45) is 14.7. The Bertz CT molecular complexity index is 1640. The molecule has 13 heteroatoms. The number of carbonyl (C=O) groups is 3. The van der Waals surface area contributed by atoms with Crippen molar-refractivity contribution in [1.29, 1.82) is 0 Å². The molecule has 53 heavy (non-hydrogen) atoms. The van der Waals surface area contributed by atoms with Gasteiger partial charge in [0, 0.05) is 62.8 Å². The SMILES string of the molecule is O=C(CCCCCCCCCCOCC(CO)(COc1ccnc(-c2ccccn2)c1)COc1ccnc(-c2ccccn2)c1)ON1C(=O)CCC1=O. The van der Waals surface area contributed by atoms with Crippen LogP contribution < -0.4 is 9.47 Å². The van der Waals surface area contributed by atoms with E-state index >= 15 is 0 Å². The maximum Gasteiger partial charge on any atom is 0.333 e. The Kier molecular flexibility index (Phi) is 15.2. The lowest BCUT2D eigenvalue weighted by molar-refractivity contribution is -0.197. The Morgan fingerprint density at radius 3 is 1.66 bits per heavy atom. The minimum Gasteiger partial charge on any atom is -0.493 e. The van der Waals surface area contributed by atoms with Crippen molar-refractivity contribution in [1.82, 2.24) is 25.0 Å². The van der Waals surface area contributed by atoms with E-state index in [0.29, 0.717) is 41.0 Å². The Hall–Kier alpha value is -5.27. The van der Waals surface area contributed by atoms with Gasteiger partial charge in [0.2, 0.25) is 0 Å². The van der Waals surface area contributed by atoms with E-state index in [0.717, 1.165) is 56.3 Å². The third-order valence-corrected chi connectivity index (χ3v) is 8.77. The van der Waals surface area contributed by atoms with Crippen LogP contribution >= 0.6 is 0 Å². The molecular weight excluding hydrogens is 678 g/mol. The molecule has 0 radical (unpaired) electrons. The van der Waals surface area contributed by atoms with Gasteiger partial charge in [0.25, 0.3) is 11.8 Å². The summed E-state index contributed by atoms with van der Waals surface area (Å²) in [6.45, 7) is 0.807. The molecule has 5 heterocycles. The number of aliphatic hydroxyl groups excluding tert-OH is 1. The molecule has 4 aromatic rings. The number of hydroxylamine groups is 2. The van der Waals surface area contributed by atoms with E-state index in [1.165, 1.54) is 0 Å². The van der Waals surface area contributed by atoms with Crippen molar-refractivity contribution in [3.05, 3.63) is 85.5 Å². The molecule has 0 unspecified atom stereocenters. The Morgan fingerprint density at radius 2 is 1.15 bits per heavy atom. The van der Waals surface area contributed by atoms with Crippen molar-refractivity contribution in [2.45, 2.75) is 70.6 Å². The van der Waals surface area contributed by atoms with E-state index < -0.39 is 23.2 Å². The van der Waals surface area contributed by atoms with Gasteiger partial charge in [-0.05, 0) is 49.2 Å². The van der Waals surface area contributed by atoms with Crippen LogP contribution in [-0.4, -0.2) is 80.9 Å². The number of ether oxygens (including phenoxy) is 3. The van der Waals surface area contributed by atoms with Crippen LogP contribution in [0.25, 0.3) is 22.8 Å². The molecule has 0 atom stereocenters. The van der Waals surface area contributed by atoms with E-state index in [4.69, 9.17) is 19.0 Å². The largest absolute Gasteiger partial charge is 0.493 e. The second-order valence-corrected chi connectivity index (χ2v) is 13.1. The van der Waals surface area contributed by atoms with Gasteiger partial charge in [0.15, 0.2) is 0 Å². The fraction of sp³-hybridized carbons (Fsp3) is 0.425. The molecule has 5 rings (SSSR count). The van der Waals surface area contributed by atoms with E-state index in [-0.39, 0.29) is 45.7 Å². The number of hydrogen-bond donors (Lipinski definition) is 1. The number of nitrogens with zero attached hydrogens (tertiary/aromatic N) is 5. The second-order valence-electron chi connectivity index (χ2n) is 13.1. The van der Waals surface area contributed by atoms with Crippen molar-refractivity contribution < 1.29 is 38.5 Å². The van der Waals surface area contributed by atoms with Crippen LogP contribution in [0.15, 0.2) is 85.5 Å². The summed E-state index contributed by atoms with van der Waals surface area (Å²) in [7, 11) is 0. The molecule has 1 aliphatic heterocycles. The van der Waals surface area contributed by atoms with Crippen LogP contribution in [0.1, 0.15) is 70.6 Å². The molecule has 2 amide bonds. The molecule has 1 N–H and O–H groups in total. The normalized spacial score (nSPS) is 13.0. The predicted octanol–water partition coefficient (Wildman–Crippen LogP) is 6.17. The van der Waals surface area contributed by atoms with Gasteiger partial charge in [-0.3, -0.25) is 29.5 Å². The highest BCUT2D eigenvalue weighted by Crippen LogP contribution is 2.26. The summed E-state index contributed by atoms with van der Waals surface area (Å²) >= 11 is 0. The first-order valence-corrected chi connectivity index (χ1v) is 18.2. The third kappa shape index (κ3) is 12.4. The standard InChI is InChI=1S/C40H47N5O8/c46-27-40(29-51-31-18-22-43-35(25-31)33-13-8-10-20-41-33,30-52-32-19-23-44-36(26-32)34-14-9-11-21-42-34)28-50-24-12-6-4-2-1-3-5-7-15-39(49)53-45-37(47)16-17-38(45)48/h8-11,13-14,18-23,25-26,46H,1-7,12,15-17,24,27-30H2. The molecule has 0 bridgehead atoms. The highest BCUT2D eigenvalue weighted by Gasteiger charge is 2.34. The highest BCUT2D eigenvalue weighted by molar-refractivity contribution is 6.01. The molecule has 0 spiro atoms. The topological polar surface area (TPSA) is 163 Å².